The van der Waals surface area contributed by atoms with E-state index in [2.05, 4.69) is 12.0 Å². The normalized spacial score (nSPS) is 20.9. The van der Waals surface area contributed by atoms with Crippen LogP contribution in [0.25, 0.3) is 5.69 Å². The van der Waals surface area contributed by atoms with Gasteiger partial charge in [0.25, 0.3) is 0 Å². The maximum Gasteiger partial charge on any atom is 0.183 e. The van der Waals surface area contributed by atoms with Crippen molar-refractivity contribution < 1.29 is 13.6 Å². The second-order valence-electron chi connectivity index (χ2n) is 7.24. The molecule has 0 amide bonds. The zero-order chi connectivity index (χ0) is 17.6. The zero-order valence-electron chi connectivity index (χ0n) is 14.4. The molecule has 0 radical (unpaired) electrons. The van der Waals surface area contributed by atoms with Gasteiger partial charge in [0.15, 0.2) is 11.6 Å². The van der Waals surface area contributed by atoms with Crippen molar-refractivity contribution >= 4 is 5.78 Å². The van der Waals surface area contributed by atoms with Gasteiger partial charge in [0.1, 0.15) is 17.2 Å². The lowest BCUT2D eigenvalue weighted by molar-refractivity contribution is 0.0972. The van der Waals surface area contributed by atoms with Crippen LogP contribution >= 0.6 is 0 Å². The van der Waals surface area contributed by atoms with Crippen LogP contribution in [0.4, 0.5) is 8.78 Å². The molecule has 1 saturated carbocycles. The average molecular weight is 344 g/mol. The van der Waals surface area contributed by atoms with Crippen molar-refractivity contribution in [1.82, 2.24) is 9.78 Å². The number of nitrogens with zero attached hydrogens (tertiary/aromatic N) is 2. The third-order valence-corrected chi connectivity index (χ3v) is 5.60. The van der Waals surface area contributed by atoms with Gasteiger partial charge < -0.3 is 0 Å². The van der Waals surface area contributed by atoms with E-state index in [1.54, 1.807) is 4.68 Å². The van der Waals surface area contributed by atoms with Crippen LogP contribution in [0, 0.1) is 11.6 Å². The molecule has 2 unspecified atom stereocenters. The lowest BCUT2D eigenvalue weighted by atomic mass is 9.93. The summed E-state index contributed by atoms with van der Waals surface area (Å²) in [5, 5.41) is 4.52. The molecule has 132 valence electrons. The molecular weight excluding hydrogens is 322 g/mol. The van der Waals surface area contributed by atoms with Gasteiger partial charge in [-0.15, -0.1) is 0 Å². The van der Waals surface area contributed by atoms with Crippen molar-refractivity contribution in [1.29, 1.82) is 0 Å². The number of unbranched alkanes of at least 4 members (excludes halogenated alkanes) is 2. The first kappa shape index (κ1) is 16.4. The predicted molar refractivity (Wildman–Crippen MR) is 91.3 cm³/mol. The molecule has 5 heteroatoms. The standard InChI is InChI=1S/C20H22F2N2O/c1-2-3-4-5-17(25)19-18-12-6-7-13(10-12)20(18)24(23-19)16-9-8-14(21)11-15(16)22/h8-9,11-13H,2-7,10H2,1H3. The highest BCUT2D eigenvalue weighted by atomic mass is 19.1. The van der Waals surface area contributed by atoms with Crippen molar-refractivity contribution in [2.75, 3.05) is 0 Å². The number of hydrogen-bond donors (Lipinski definition) is 0. The van der Waals surface area contributed by atoms with E-state index in [0.717, 1.165) is 55.8 Å². The van der Waals surface area contributed by atoms with E-state index in [1.165, 1.54) is 12.1 Å². The molecule has 4 rings (SSSR count). The monoisotopic (exact) mass is 344 g/mol. The molecule has 3 nitrogen and oxygen atoms in total. The van der Waals surface area contributed by atoms with Crippen LogP contribution < -0.4 is 0 Å². The SMILES string of the molecule is CCCCCC(=O)c1nn(-c2ccc(F)cc2F)c2c1C1CCC2C1. The number of benzene rings is 1. The van der Waals surface area contributed by atoms with Gasteiger partial charge >= 0.3 is 0 Å². The van der Waals surface area contributed by atoms with E-state index in [0.29, 0.717) is 24.0 Å². The van der Waals surface area contributed by atoms with Gasteiger partial charge in [0, 0.05) is 24.0 Å². The third kappa shape index (κ3) is 2.70. The number of aromatic nitrogens is 2. The van der Waals surface area contributed by atoms with E-state index < -0.39 is 11.6 Å². The first-order valence-electron chi connectivity index (χ1n) is 9.21. The number of rotatable bonds is 6. The van der Waals surface area contributed by atoms with Crippen molar-refractivity contribution in [3.8, 4) is 5.69 Å². The van der Waals surface area contributed by atoms with E-state index >= 15 is 0 Å². The summed E-state index contributed by atoms with van der Waals surface area (Å²) >= 11 is 0. The molecule has 2 aliphatic carbocycles. The fourth-order valence-electron chi connectivity index (χ4n) is 4.43. The molecule has 0 N–H and O–H groups in total. The Hall–Kier alpha value is -2.04. The molecule has 2 atom stereocenters. The Morgan fingerprint density at radius 3 is 2.80 bits per heavy atom. The number of carbonyl (C=O) groups is 1. The van der Waals surface area contributed by atoms with E-state index in [4.69, 9.17) is 0 Å². The molecule has 1 aromatic heterocycles. The third-order valence-electron chi connectivity index (χ3n) is 5.60. The minimum absolute atomic E-state index is 0.0542. The van der Waals surface area contributed by atoms with Crippen LogP contribution in [0.3, 0.4) is 0 Å². The van der Waals surface area contributed by atoms with Gasteiger partial charge in [-0.1, -0.05) is 19.8 Å². The average Bonchev–Trinajstić information content (AvgIpc) is 3.27. The Bertz CT molecular complexity index is 827. The summed E-state index contributed by atoms with van der Waals surface area (Å²) in [5.41, 5.74) is 2.75. The number of Topliss-reactive ketones (excluding diaryl/α,β-unsaturated/α-hetero) is 1. The molecule has 1 aromatic carbocycles. The highest BCUT2D eigenvalue weighted by Gasteiger charge is 2.44. The highest BCUT2D eigenvalue weighted by molar-refractivity contribution is 5.96. The molecule has 2 bridgehead atoms. The minimum atomic E-state index is -0.641. The van der Waals surface area contributed by atoms with Gasteiger partial charge in [0.05, 0.1) is 5.69 Å². The summed E-state index contributed by atoms with van der Waals surface area (Å²) < 4.78 is 29.2. The van der Waals surface area contributed by atoms with E-state index in [9.17, 15) is 13.6 Å². The fraction of sp³-hybridized carbons (Fsp3) is 0.500. The molecule has 0 spiro atoms. The largest absolute Gasteiger partial charge is 0.292 e. The van der Waals surface area contributed by atoms with Crippen LogP contribution in [0.1, 0.15) is 85.5 Å². The van der Waals surface area contributed by atoms with Crippen LogP contribution in [0.5, 0.6) is 0 Å². The van der Waals surface area contributed by atoms with Gasteiger partial charge in [-0.25, -0.2) is 13.5 Å². The van der Waals surface area contributed by atoms with E-state index in [1.807, 2.05) is 0 Å². The van der Waals surface area contributed by atoms with Crippen molar-refractivity contribution in [3.05, 3.63) is 46.8 Å². The Labute approximate surface area is 146 Å². The topological polar surface area (TPSA) is 34.9 Å². The Kier molecular flexibility index (Phi) is 4.18. The smallest absolute Gasteiger partial charge is 0.183 e. The van der Waals surface area contributed by atoms with Gasteiger partial charge in [-0.2, -0.15) is 5.10 Å². The van der Waals surface area contributed by atoms with Gasteiger partial charge in [-0.05, 0) is 43.7 Å². The molecule has 2 aromatic rings. The number of halogens is 2. The van der Waals surface area contributed by atoms with Gasteiger partial charge in [-0.3, -0.25) is 4.79 Å². The lowest BCUT2D eigenvalue weighted by Gasteiger charge is -2.14. The Morgan fingerprint density at radius 1 is 1.24 bits per heavy atom. The minimum Gasteiger partial charge on any atom is -0.292 e. The van der Waals surface area contributed by atoms with E-state index in [-0.39, 0.29) is 11.5 Å². The summed E-state index contributed by atoms with van der Waals surface area (Å²) in [6.07, 6.45) is 6.57. The molecule has 25 heavy (non-hydrogen) atoms. The summed E-state index contributed by atoms with van der Waals surface area (Å²) in [4.78, 5) is 12.7. The lowest BCUT2D eigenvalue weighted by Crippen LogP contribution is -2.08. The molecule has 1 fully saturated rings. The summed E-state index contributed by atoms with van der Waals surface area (Å²) in [6, 6.07) is 3.52. The molecule has 1 heterocycles. The van der Waals surface area contributed by atoms with Crippen LogP contribution in [-0.4, -0.2) is 15.6 Å². The number of carbonyl (C=O) groups excluding carboxylic acids is 1. The highest BCUT2D eigenvalue weighted by Crippen LogP contribution is 2.54. The van der Waals surface area contributed by atoms with Gasteiger partial charge in [0.2, 0.25) is 0 Å². The Morgan fingerprint density at radius 2 is 2.04 bits per heavy atom. The fourth-order valence-corrected chi connectivity index (χ4v) is 4.43. The first-order valence-corrected chi connectivity index (χ1v) is 9.21. The molecule has 2 aliphatic rings. The Balaban J connectivity index is 1.77. The van der Waals surface area contributed by atoms with Crippen LogP contribution in [-0.2, 0) is 0 Å². The molecular formula is C20H22F2N2O. The van der Waals surface area contributed by atoms with Crippen LogP contribution in [0.15, 0.2) is 18.2 Å². The second kappa shape index (κ2) is 6.36. The molecule has 0 saturated heterocycles. The van der Waals surface area contributed by atoms with Crippen molar-refractivity contribution in [2.45, 2.75) is 63.7 Å². The number of ketones is 1. The predicted octanol–water partition coefficient (Wildman–Crippen LogP) is 5.28. The van der Waals surface area contributed by atoms with Crippen molar-refractivity contribution in [2.24, 2.45) is 0 Å². The first-order chi connectivity index (χ1) is 12.1. The zero-order valence-corrected chi connectivity index (χ0v) is 14.4. The summed E-state index contributed by atoms with van der Waals surface area (Å²) in [6.45, 7) is 2.10. The quantitative estimate of drug-likeness (QED) is 0.528. The maximum atomic E-state index is 14.3. The second-order valence-corrected chi connectivity index (χ2v) is 7.24. The van der Waals surface area contributed by atoms with Crippen LogP contribution in [0.2, 0.25) is 0 Å². The molecule has 0 aliphatic heterocycles. The summed E-state index contributed by atoms with van der Waals surface area (Å²) in [5.74, 6) is -0.504. The summed E-state index contributed by atoms with van der Waals surface area (Å²) in [7, 11) is 0. The number of fused-ring (bicyclic) bond motifs is 5. The maximum absolute atomic E-state index is 14.3. The number of hydrogen-bond acceptors (Lipinski definition) is 2. The van der Waals surface area contributed by atoms with Crippen molar-refractivity contribution in [3.63, 3.8) is 0 Å².